The second-order valence-electron chi connectivity index (χ2n) is 6.05. The molecule has 0 N–H and O–H groups in total. The molecule has 120 valence electrons. The quantitative estimate of drug-likeness (QED) is 0.626. The van der Waals surface area contributed by atoms with Crippen molar-refractivity contribution in [2.75, 3.05) is 0 Å². The molecule has 0 saturated carbocycles. The van der Waals surface area contributed by atoms with E-state index in [0.717, 1.165) is 12.0 Å². The minimum atomic E-state index is -0.352. The van der Waals surface area contributed by atoms with Crippen LogP contribution in [0, 0.1) is 0 Å². The Labute approximate surface area is 142 Å². The van der Waals surface area contributed by atoms with E-state index in [9.17, 15) is 0 Å². The van der Waals surface area contributed by atoms with Gasteiger partial charge in [0, 0.05) is 12.0 Å². The normalized spacial score (nSPS) is 23.8. The van der Waals surface area contributed by atoms with E-state index in [1.54, 1.807) is 0 Å². The Morgan fingerprint density at radius 2 is 0.875 bits per heavy atom. The Kier molecular flexibility index (Phi) is 4.41. The first-order chi connectivity index (χ1) is 11.9. The molecule has 0 aromatic heterocycles. The van der Waals surface area contributed by atoms with Crippen LogP contribution in [0.1, 0.15) is 41.6 Å². The first-order valence-corrected chi connectivity index (χ1v) is 8.36. The molecule has 1 unspecified atom stereocenters. The zero-order valence-electron chi connectivity index (χ0n) is 13.4. The van der Waals surface area contributed by atoms with Gasteiger partial charge in [0.15, 0.2) is 6.29 Å². The predicted octanol–water partition coefficient (Wildman–Crippen LogP) is 5.60. The maximum atomic E-state index is 6.29. The molecule has 1 heterocycles. The molecule has 0 radical (unpaired) electrons. The zero-order valence-corrected chi connectivity index (χ0v) is 13.4. The van der Waals surface area contributed by atoms with E-state index in [4.69, 9.17) is 9.47 Å². The molecule has 1 saturated heterocycles. The molecule has 0 aliphatic carbocycles. The van der Waals surface area contributed by atoms with Gasteiger partial charge in [0.05, 0.1) is 12.2 Å². The summed E-state index contributed by atoms with van der Waals surface area (Å²) in [5, 5.41) is 0. The highest BCUT2D eigenvalue weighted by Gasteiger charge is 2.32. The first kappa shape index (κ1) is 15.1. The van der Waals surface area contributed by atoms with Crippen LogP contribution in [0.2, 0.25) is 0 Å². The number of rotatable bonds is 3. The standard InChI is InChI=1S/C22H20O2/c1-4-10-17(11-5-1)20-16-21(18-12-6-2-7-13-18)24-22(23-20)19-14-8-3-9-15-19/h1-15,20-22H,16H2/t20-,21+,22?. The summed E-state index contributed by atoms with van der Waals surface area (Å²) in [6.07, 6.45) is 0.512. The summed E-state index contributed by atoms with van der Waals surface area (Å²) in [4.78, 5) is 0. The van der Waals surface area contributed by atoms with Crippen LogP contribution in [-0.2, 0) is 9.47 Å². The predicted molar refractivity (Wildman–Crippen MR) is 94.3 cm³/mol. The second-order valence-corrected chi connectivity index (χ2v) is 6.05. The van der Waals surface area contributed by atoms with Crippen molar-refractivity contribution in [2.24, 2.45) is 0 Å². The van der Waals surface area contributed by atoms with Crippen molar-refractivity contribution in [3.8, 4) is 0 Å². The average Bonchev–Trinajstić information content (AvgIpc) is 2.70. The Morgan fingerprint density at radius 3 is 1.29 bits per heavy atom. The highest BCUT2D eigenvalue weighted by molar-refractivity contribution is 5.24. The lowest BCUT2D eigenvalue weighted by Crippen LogP contribution is -2.24. The maximum absolute atomic E-state index is 6.29. The molecule has 24 heavy (non-hydrogen) atoms. The molecule has 2 heteroatoms. The lowest BCUT2D eigenvalue weighted by atomic mass is 9.97. The van der Waals surface area contributed by atoms with Gasteiger partial charge in [0.2, 0.25) is 0 Å². The van der Waals surface area contributed by atoms with Gasteiger partial charge in [-0.15, -0.1) is 0 Å². The number of ether oxygens (including phenoxy) is 2. The molecule has 0 bridgehead atoms. The van der Waals surface area contributed by atoms with Gasteiger partial charge in [-0.05, 0) is 11.1 Å². The van der Waals surface area contributed by atoms with Crippen molar-refractivity contribution >= 4 is 0 Å². The van der Waals surface area contributed by atoms with Crippen molar-refractivity contribution in [2.45, 2.75) is 24.9 Å². The van der Waals surface area contributed by atoms with Crippen LogP contribution >= 0.6 is 0 Å². The Morgan fingerprint density at radius 1 is 0.500 bits per heavy atom. The van der Waals surface area contributed by atoms with Gasteiger partial charge in [-0.1, -0.05) is 91.0 Å². The van der Waals surface area contributed by atoms with Crippen LogP contribution in [0.15, 0.2) is 91.0 Å². The molecule has 0 spiro atoms. The van der Waals surface area contributed by atoms with E-state index >= 15 is 0 Å². The number of hydrogen-bond donors (Lipinski definition) is 0. The smallest absolute Gasteiger partial charge is 0.185 e. The molecule has 1 aliphatic rings. The van der Waals surface area contributed by atoms with E-state index in [2.05, 4.69) is 60.7 Å². The highest BCUT2D eigenvalue weighted by atomic mass is 16.7. The molecule has 2 nitrogen and oxygen atoms in total. The van der Waals surface area contributed by atoms with Crippen molar-refractivity contribution in [3.63, 3.8) is 0 Å². The minimum Gasteiger partial charge on any atom is -0.340 e. The molecule has 3 aromatic carbocycles. The monoisotopic (exact) mass is 316 g/mol. The fourth-order valence-corrected chi connectivity index (χ4v) is 3.17. The summed E-state index contributed by atoms with van der Waals surface area (Å²) in [6.45, 7) is 0. The van der Waals surface area contributed by atoms with E-state index in [1.807, 2.05) is 30.3 Å². The highest BCUT2D eigenvalue weighted by Crippen LogP contribution is 2.43. The van der Waals surface area contributed by atoms with Gasteiger partial charge < -0.3 is 9.47 Å². The summed E-state index contributed by atoms with van der Waals surface area (Å²) in [5.41, 5.74) is 3.45. The van der Waals surface area contributed by atoms with Crippen LogP contribution in [0.25, 0.3) is 0 Å². The Hall–Kier alpha value is -2.42. The summed E-state index contributed by atoms with van der Waals surface area (Å²) in [7, 11) is 0. The molecule has 1 fully saturated rings. The molecular weight excluding hydrogens is 296 g/mol. The lowest BCUT2D eigenvalue weighted by molar-refractivity contribution is -0.253. The van der Waals surface area contributed by atoms with Gasteiger partial charge in [-0.25, -0.2) is 0 Å². The van der Waals surface area contributed by atoms with E-state index in [0.29, 0.717) is 0 Å². The topological polar surface area (TPSA) is 18.5 Å². The second kappa shape index (κ2) is 7.00. The van der Waals surface area contributed by atoms with Crippen LogP contribution in [0.4, 0.5) is 0 Å². The van der Waals surface area contributed by atoms with Crippen LogP contribution < -0.4 is 0 Å². The van der Waals surface area contributed by atoms with Gasteiger partial charge in [-0.2, -0.15) is 0 Å². The Balaban J connectivity index is 1.66. The fraction of sp³-hybridized carbons (Fsp3) is 0.182. The minimum absolute atomic E-state index is 0.0235. The lowest BCUT2D eigenvalue weighted by Gasteiger charge is -2.36. The third kappa shape index (κ3) is 3.25. The van der Waals surface area contributed by atoms with Crippen molar-refractivity contribution < 1.29 is 9.47 Å². The van der Waals surface area contributed by atoms with E-state index in [-0.39, 0.29) is 18.5 Å². The van der Waals surface area contributed by atoms with Gasteiger partial charge in [-0.3, -0.25) is 0 Å². The average molecular weight is 316 g/mol. The van der Waals surface area contributed by atoms with Gasteiger partial charge in [0.25, 0.3) is 0 Å². The first-order valence-electron chi connectivity index (χ1n) is 8.36. The fourth-order valence-electron chi connectivity index (χ4n) is 3.17. The number of benzene rings is 3. The molecule has 1 aliphatic heterocycles. The van der Waals surface area contributed by atoms with Gasteiger partial charge >= 0.3 is 0 Å². The third-order valence-corrected chi connectivity index (χ3v) is 4.42. The third-order valence-electron chi connectivity index (χ3n) is 4.42. The number of hydrogen-bond acceptors (Lipinski definition) is 2. The SMILES string of the molecule is c1ccc(C2O[C@H](c3ccccc3)C[C@H](c3ccccc3)O2)cc1. The van der Waals surface area contributed by atoms with Crippen LogP contribution in [-0.4, -0.2) is 0 Å². The molecule has 3 aromatic rings. The molecule has 4 rings (SSSR count). The van der Waals surface area contributed by atoms with Crippen molar-refractivity contribution in [1.29, 1.82) is 0 Å². The van der Waals surface area contributed by atoms with Gasteiger partial charge in [0.1, 0.15) is 0 Å². The van der Waals surface area contributed by atoms with Crippen LogP contribution in [0.5, 0.6) is 0 Å². The molecular formula is C22H20O2. The van der Waals surface area contributed by atoms with Crippen molar-refractivity contribution in [1.82, 2.24) is 0 Å². The van der Waals surface area contributed by atoms with E-state index < -0.39 is 0 Å². The molecule has 3 atom stereocenters. The summed E-state index contributed by atoms with van der Waals surface area (Å²) in [5.74, 6) is 0. The summed E-state index contributed by atoms with van der Waals surface area (Å²) < 4.78 is 12.6. The summed E-state index contributed by atoms with van der Waals surface area (Å²) >= 11 is 0. The molecule has 0 amide bonds. The Bertz CT molecular complexity index is 642. The van der Waals surface area contributed by atoms with Crippen LogP contribution in [0.3, 0.4) is 0 Å². The summed E-state index contributed by atoms with van der Waals surface area (Å²) in [6, 6.07) is 31.0. The largest absolute Gasteiger partial charge is 0.340 e. The van der Waals surface area contributed by atoms with Crippen molar-refractivity contribution in [3.05, 3.63) is 108 Å². The van der Waals surface area contributed by atoms with E-state index in [1.165, 1.54) is 11.1 Å². The maximum Gasteiger partial charge on any atom is 0.185 e. The zero-order chi connectivity index (χ0) is 16.2.